The van der Waals surface area contributed by atoms with E-state index in [-0.39, 0.29) is 18.1 Å². The average molecular weight is 492 g/mol. The van der Waals surface area contributed by atoms with Crippen molar-refractivity contribution in [2.75, 3.05) is 36.2 Å². The van der Waals surface area contributed by atoms with Crippen molar-refractivity contribution in [1.82, 2.24) is 15.3 Å². The minimum atomic E-state index is -0.364. The Hall–Kier alpha value is -3.63. The Morgan fingerprint density at radius 2 is 2.14 bits per heavy atom. The predicted molar refractivity (Wildman–Crippen MR) is 134 cm³/mol. The first-order valence-electron chi connectivity index (χ1n) is 11.3. The Kier molecular flexibility index (Phi) is 6.82. The molecule has 0 spiro atoms. The fraction of sp³-hybridized carbons (Fsp3) is 0.280. The summed E-state index contributed by atoms with van der Waals surface area (Å²) in [4.78, 5) is 35.4. The molecule has 9 nitrogen and oxygen atoms in total. The number of fused-ring (bicyclic) bond motifs is 1. The largest absolute Gasteiger partial charge is 0.480 e. The molecule has 180 valence electrons. The molecule has 1 atom stereocenters. The lowest BCUT2D eigenvalue weighted by Gasteiger charge is -2.20. The van der Waals surface area contributed by atoms with E-state index in [0.29, 0.717) is 37.7 Å². The maximum Gasteiger partial charge on any atom is 0.414 e. The van der Waals surface area contributed by atoms with Gasteiger partial charge in [0, 0.05) is 22.7 Å². The van der Waals surface area contributed by atoms with E-state index in [1.54, 1.807) is 24.4 Å². The summed E-state index contributed by atoms with van der Waals surface area (Å²) in [5.41, 5.74) is 4.31. The number of rotatable bonds is 8. The molecule has 10 heteroatoms. The quantitative estimate of drug-likeness (QED) is 0.460. The normalized spacial score (nSPS) is 17.1. The highest BCUT2D eigenvalue weighted by atomic mass is 32.2. The number of carbonyl (C=O) groups excluding carboxylic acids is 2. The highest BCUT2D eigenvalue weighted by Crippen LogP contribution is 2.35. The van der Waals surface area contributed by atoms with Crippen LogP contribution in [0.2, 0.25) is 0 Å². The van der Waals surface area contributed by atoms with Crippen molar-refractivity contribution < 1.29 is 19.1 Å². The molecule has 0 saturated carbocycles. The van der Waals surface area contributed by atoms with Crippen LogP contribution in [0.1, 0.15) is 12.0 Å². The van der Waals surface area contributed by atoms with E-state index >= 15 is 0 Å². The molecule has 0 bridgehead atoms. The third kappa shape index (κ3) is 5.39. The van der Waals surface area contributed by atoms with E-state index in [2.05, 4.69) is 32.7 Å². The predicted octanol–water partition coefficient (Wildman–Crippen LogP) is 3.70. The van der Waals surface area contributed by atoms with Gasteiger partial charge in [-0.05, 0) is 42.8 Å². The highest BCUT2D eigenvalue weighted by Gasteiger charge is 2.32. The molecule has 3 heterocycles. The number of nitrogens with zero attached hydrogens (tertiary/aromatic N) is 3. The molecule has 0 unspecified atom stereocenters. The number of hydrogen-bond donors (Lipinski definition) is 2. The molecule has 1 saturated heterocycles. The van der Waals surface area contributed by atoms with E-state index < -0.39 is 0 Å². The lowest BCUT2D eigenvalue weighted by Crippen LogP contribution is -2.26. The van der Waals surface area contributed by atoms with Crippen LogP contribution in [0, 0.1) is 0 Å². The van der Waals surface area contributed by atoms with Gasteiger partial charge in [-0.1, -0.05) is 18.2 Å². The van der Waals surface area contributed by atoms with Gasteiger partial charge in [-0.25, -0.2) is 9.78 Å². The monoisotopic (exact) mass is 491 g/mol. The number of methoxy groups -OCH3 is 1. The molecule has 5 rings (SSSR count). The number of thioether (sulfide) groups is 1. The van der Waals surface area contributed by atoms with Gasteiger partial charge in [-0.15, -0.1) is 11.8 Å². The van der Waals surface area contributed by atoms with Crippen LogP contribution in [-0.2, 0) is 16.1 Å². The zero-order chi connectivity index (χ0) is 24.2. The van der Waals surface area contributed by atoms with Crippen LogP contribution in [0.5, 0.6) is 5.88 Å². The van der Waals surface area contributed by atoms with Crippen LogP contribution in [-0.4, -0.2) is 54.0 Å². The zero-order valence-electron chi connectivity index (χ0n) is 19.2. The van der Waals surface area contributed by atoms with E-state index in [4.69, 9.17) is 9.47 Å². The summed E-state index contributed by atoms with van der Waals surface area (Å²) in [5.74, 6) is 0.854. The van der Waals surface area contributed by atoms with Gasteiger partial charge in [-0.3, -0.25) is 14.7 Å². The topological polar surface area (TPSA) is 106 Å². The number of cyclic esters (lactones) is 1. The molecule has 1 aromatic heterocycles. The van der Waals surface area contributed by atoms with Gasteiger partial charge in [0.15, 0.2) is 0 Å². The molecular weight excluding hydrogens is 466 g/mol. The molecule has 1 fully saturated rings. The summed E-state index contributed by atoms with van der Waals surface area (Å²) >= 11 is 1.50. The first-order valence-corrected chi connectivity index (χ1v) is 12.3. The van der Waals surface area contributed by atoms with E-state index in [1.807, 2.05) is 30.3 Å². The Balaban J connectivity index is 1.13. The molecule has 35 heavy (non-hydrogen) atoms. The lowest BCUT2D eigenvalue weighted by molar-refractivity contribution is -0.113. The SMILES string of the molecule is COc1cncc(-c2cccc(CNCC[C@@H]3CN(c4ccc5c(c4)NC(=O)CS5)C(=O)O3)c2)n1. The fourth-order valence-electron chi connectivity index (χ4n) is 4.04. The van der Waals surface area contributed by atoms with Crippen molar-refractivity contribution in [2.45, 2.75) is 24.0 Å². The van der Waals surface area contributed by atoms with Gasteiger partial charge < -0.3 is 20.1 Å². The molecule has 2 aliphatic rings. The van der Waals surface area contributed by atoms with Crippen LogP contribution in [0.3, 0.4) is 0 Å². The number of ether oxygens (including phenoxy) is 2. The van der Waals surface area contributed by atoms with E-state index in [9.17, 15) is 9.59 Å². The first kappa shape index (κ1) is 23.1. The Bertz CT molecular complexity index is 1250. The molecule has 2 N–H and O–H groups in total. The molecule has 2 aliphatic heterocycles. The molecular formula is C25H25N5O4S. The lowest BCUT2D eigenvalue weighted by atomic mass is 10.1. The summed E-state index contributed by atoms with van der Waals surface area (Å²) in [6, 6.07) is 13.8. The molecule has 3 aromatic rings. The minimum Gasteiger partial charge on any atom is -0.480 e. The molecule has 2 amide bonds. The molecule has 2 aromatic carbocycles. The number of carbonyl (C=O) groups is 2. The van der Waals surface area contributed by atoms with Crippen molar-refractivity contribution >= 4 is 35.1 Å². The summed E-state index contributed by atoms with van der Waals surface area (Å²) in [7, 11) is 1.57. The fourth-order valence-corrected chi connectivity index (χ4v) is 4.83. The second-order valence-corrected chi connectivity index (χ2v) is 9.26. The zero-order valence-corrected chi connectivity index (χ0v) is 20.0. The highest BCUT2D eigenvalue weighted by molar-refractivity contribution is 8.00. The van der Waals surface area contributed by atoms with Crippen LogP contribution in [0.4, 0.5) is 16.2 Å². The minimum absolute atomic E-state index is 0.0328. The third-order valence-corrected chi connectivity index (χ3v) is 6.87. The van der Waals surface area contributed by atoms with Crippen LogP contribution >= 0.6 is 11.8 Å². The van der Waals surface area contributed by atoms with Gasteiger partial charge in [-0.2, -0.15) is 0 Å². The number of aromatic nitrogens is 2. The summed E-state index contributed by atoms with van der Waals surface area (Å²) in [6.07, 6.45) is 3.42. The summed E-state index contributed by atoms with van der Waals surface area (Å²) in [6.45, 7) is 1.86. The van der Waals surface area contributed by atoms with Gasteiger partial charge in [0.1, 0.15) is 6.10 Å². The second-order valence-electron chi connectivity index (χ2n) is 8.25. The van der Waals surface area contributed by atoms with Crippen molar-refractivity contribution in [1.29, 1.82) is 0 Å². The maximum atomic E-state index is 12.5. The van der Waals surface area contributed by atoms with Gasteiger partial charge in [0.05, 0.1) is 43.2 Å². The average Bonchev–Trinajstić information content (AvgIpc) is 3.26. The Morgan fingerprint density at radius 3 is 3.03 bits per heavy atom. The van der Waals surface area contributed by atoms with E-state index in [0.717, 1.165) is 33.1 Å². The Labute approximate surface area is 207 Å². The number of benzene rings is 2. The van der Waals surface area contributed by atoms with Crippen LogP contribution in [0.25, 0.3) is 11.3 Å². The first-order chi connectivity index (χ1) is 17.1. The van der Waals surface area contributed by atoms with Gasteiger partial charge >= 0.3 is 6.09 Å². The molecule has 0 radical (unpaired) electrons. The maximum absolute atomic E-state index is 12.5. The van der Waals surface area contributed by atoms with Crippen molar-refractivity contribution in [3.05, 3.63) is 60.4 Å². The summed E-state index contributed by atoms with van der Waals surface area (Å²) in [5, 5.41) is 6.29. The van der Waals surface area contributed by atoms with Crippen molar-refractivity contribution in [2.24, 2.45) is 0 Å². The number of hydrogen-bond acceptors (Lipinski definition) is 8. The smallest absolute Gasteiger partial charge is 0.414 e. The number of anilines is 2. The Morgan fingerprint density at radius 1 is 1.23 bits per heavy atom. The number of nitrogens with one attached hydrogen (secondary N) is 2. The van der Waals surface area contributed by atoms with Gasteiger partial charge in [0.2, 0.25) is 11.8 Å². The summed E-state index contributed by atoms with van der Waals surface area (Å²) < 4.78 is 10.7. The second kappa shape index (κ2) is 10.3. The number of amides is 2. The van der Waals surface area contributed by atoms with Gasteiger partial charge in [0.25, 0.3) is 0 Å². The van der Waals surface area contributed by atoms with Crippen molar-refractivity contribution in [3.63, 3.8) is 0 Å². The molecule has 0 aliphatic carbocycles. The van der Waals surface area contributed by atoms with Crippen molar-refractivity contribution in [3.8, 4) is 17.1 Å². The third-order valence-electron chi connectivity index (χ3n) is 5.80. The van der Waals surface area contributed by atoms with Crippen LogP contribution < -0.4 is 20.3 Å². The van der Waals surface area contributed by atoms with Crippen LogP contribution in [0.15, 0.2) is 59.8 Å². The standard InChI is InChI=1S/C25H25N5O4S/c1-33-24-13-27-12-21(29-24)17-4-2-3-16(9-17)11-26-8-7-19-14-30(25(32)34-19)18-5-6-22-20(10-18)28-23(31)15-35-22/h2-6,9-10,12-13,19,26H,7-8,11,14-15H2,1H3,(H,28,31)/t19-/m1/s1. The van der Waals surface area contributed by atoms with E-state index in [1.165, 1.54) is 11.8 Å².